The van der Waals surface area contributed by atoms with Crippen LogP contribution in [0.5, 0.6) is 0 Å². The van der Waals surface area contributed by atoms with Crippen molar-refractivity contribution in [2.75, 3.05) is 20.4 Å². The number of hydrogen-bond donors (Lipinski definition) is 1. The van der Waals surface area contributed by atoms with Crippen molar-refractivity contribution < 1.29 is 18.8 Å². The van der Waals surface area contributed by atoms with Crippen LogP contribution in [-0.4, -0.2) is 32.4 Å². The third-order valence-corrected chi connectivity index (χ3v) is 4.79. The van der Waals surface area contributed by atoms with Crippen LogP contribution in [0, 0.1) is 0 Å². The normalized spacial score (nSPS) is 16.0. The molecular weight excluding hydrogens is 263 g/mol. The van der Waals surface area contributed by atoms with Crippen molar-refractivity contribution >= 4 is 30.2 Å². The maximum Gasteiger partial charge on any atom is 0.333 e. The van der Waals surface area contributed by atoms with Crippen molar-refractivity contribution in [2.24, 2.45) is 10.5 Å². The monoisotopic (exact) mass is 280 g/mol. The molecule has 0 amide bonds. The van der Waals surface area contributed by atoms with E-state index in [0.29, 0.717) is 11.9 Å². The number of allylic oxidation sites excluding steroid dienone is 1. The lowest BCUT2D eigenvalue weighted by Gasteiger charge is -2.17. The smallest absolute Gasteiger partial charge is 0.333 e. The van der Waals surface area contributed by atoms with E-state index >= 15 is 0 Å². The summed E-state index contributed by atoms with van der Waals surface area (Å²) in [6.45, 7) is 3.44. The van der Waals surface area contributed by atoms with Crippen LogP contribution in [-0.2, 0) is 30.6 Å². The summed E-state index contributed by atoms with van der Waals surface area (Å²) >= 11 is 5.26. The quantitative estimate of drug-likeness (QED) is 0.204. The molecule has 0 aromatic heterocycles. The van der Waals surface area contributed by atoms with Crippen molar-refractivity contribution in [3.63, 3.8) is 0 Å². The molecule has 6 nitrogen and oxygen atoms in total. The first-order valence-corrected chi connectivity index (χ1v) is 7.67. The van der Waals surface area contributed by atoms with Gasteiger partial charge in [0.2, 0.25) is 6.42 Å². The van der Waals surface area contributed by atoms with Crippen LogP contribution < -0.4 is 5.73 Å². The molecule has 0 aromatic carbocycles. The molecule has 2 N–H and O–H groups in total. The molecule has 0 rings (SSSR count). The summed E-state index contributed by atoms with van der Waals surface area (Å²) in [7, 11) is 2.67. The topological polar surface area (TPSA) is 83.1 Å². The van der Waals surface area contributed by atoms with E-state index in [-0.39, 0.29) is 6.02 Å². The zero-order valence-corrected chi connectivity index (χ0v) is 12.0. The number of ether oxygens (including phenoxy) is 2. The summed E-state index contributed by atoms with van der Waals surface area (Å²) in [5, 5.41) is 0. The van der Waals surface area contributed by atoms with Gasteiger partial charge in [-0.15, -0.1) is 0 Å². The summed E-state index contributed by atoms with van der Waals surface area (Å²) in [4.78, 5) is 11.0. The molecule has 0 saturated carbocycles. The van der Waals surface area contributed by atoms with Gasteiger partial charge in [0.1, 0.15) is 5.76 Å². The van der Waals surface area contributed by atoms with E-state index in [1.54, 1.807) is 6.92 Å². The number of methoxy groups -OCH3 is 2. The highest BCUT2D eigenvalue weighted by molar-refractivity contribution is 8.11. The summed E-state index contributed by atoms with van der Waals surface area (Å²) in [6, 6.07) is -0.0268. The SMILES string of the molecule is CCP(=S)(N=C(N)OC)OC(C)=CC(=O)OC. The predicted molar refractivity (Wildman–Crippen MR) is 70.3 cm³/mol. The standard InChI is InChI=1S/C9H17N2O4PS/c1-5-16(17,11-9(10)14-4)15-7(2)6-8(12)13-3/h6H,5H2,1-4H3,(H2,10,11,17). The van der Waals surface area contributed by atoms with Gasteiger partial charge in [0.25, 0.3) is 6.02 Å². The van der Waals surface area contributed by atoms with Crippen molar-refractivity contribution in [3.8, 4) is 0 Å². The van der Waals surface area contributed by atoms with Crippen LogP contribution in [0.25, 0.3) is 0 Å². The molecule has 0 heterocycles. The van der Waals surface area contributed by atoms with Crippen molar-refractivity contribution in [1.29, 1.82) is 0 Å². The Morgan fingerprint density at radius 2 is 2.06 bits per heavy atom. The molecule has 0 aliphatic heterocycles. The number of rotatable bonds is 5. The first kappa shape index (κ1) is 15.9. The van der Waals surface area contributed by atoms with Gasteiger partial charge in [-0.25, -0.2) is 4.79 Å². The molecule has 98 valence electrons. The second-order valence-electron chi connectivity index (χ2n) is 2.97. The number of nitrogens with two attached hydrogens (primary N) is 1. The van der Waals surface area contributed by atoms with Crippen LogP contribution in [0.2, 0.25) is 0 Å². The van der Waals surface area contributed by atoms with Gasteiger partial charge in [0.05, 0.1) is 20.3 Å². The Morgan fingerprint density at radius 1 is 1.47 bits per heavy atom. The van der Waals surface area contributed by atoms with Gasteiger partial charge in [-0.2, -0.15) is 4.76 Å². The third kappa shape index (κ3) is 6.28. The molecule has 17 heavy (non-hydrogen) atoms. The zero-order chi connectivity index (χ0) is 13.5. The molecule has 0 spiro atoms. The lowest BCUT2D eigenvalue weighted by atomic mass is 10.5. The predicted octanol–water partition coefficient (Wildman–Crippen LogP) is 1.37. The summed E-state index contributed by atoms with van der Waals surface area (Å²) in [6.07, 6.45) is -0.798. The second-order valence-corrected chi connectivity index (χ2v) is 6.97. The molecule has 0 fully saturated rings. The average molecular weight is 280 g/mol. The second kappa shape index (κ2) is 7.29. The lowest BCUT2D eigenvalue weighted by molar-refractivity contribution is -0.135. The van der Waals surface area contributed by atoms with E-state index in [0.717, 1.165) is 0 Å². The Hall–Kier alpha value is -1.07. The highest BCUT2D eigenvalue weighted by Gasteiger charge is 2.17. The Bertz CT molecular complexity index is 381. The minimum atomic E-state index is -2.50. The number of esters is 1. The molecule has 0 saturated heterocycles. The number of nitrogens with zero attached hydrogens (tertiary/aromatic N) is 1. The molecular formula is C9H17N2O4PS. The maximum atomic E-state index is 11.0. The molecule has 0 bridgehead atoms. The van der Waals surface area contributed by atoms with E-state index in [1.807, 2.05) is 6.92 Å². The molecule has 0 aromatic rings. The van der Waals surface area contributed by atoms with Crippen LogP contribution in [0.1, 0.15) is 13.8 Å². The van der Waals surface area contributed by atoms with E-state index in [9.17, 15) is 4.79 Å². The Labute approximate surface area is 106 Å². The number of carbonyl (C=O) groups is 1. The Balaban J connectivity index is 4.88. The summed E-state index contributed by atoms with van der Waals surface area (Å²) in [5.74, 6) is -0.168. The van der Waals surface area contributed by atoms with Crippen LogP contribution in [0.15, 0.2) is 16.6 Å². The van der Waals surface area contributed by atoms with Gasteiger partial charge in [-0.1, -0.05) is 6.92 Å². The van der Waals surface area contributed by atoms with Gasteiger partial charge in [0.15, 0.2) is 0 Å². The third-order valence-electron chi connectivity index (χ3n) is 1.67. The van der Waals surface area contributed by atoms with Gasteiger partial charge in [0, 0.05) is 6.16 Å². The van der Waals surface area contributed by atoms with Gasteiger partial charge >= 0.3 is 5.97 Å². The Kier molecular flexibility index (Phi) is 6.83. The van der Waals surface area contributed by atoms with Crippen molar-refractivity contribution in [3.05, 3.63) is 11.8 Å². The molecule has 0 radical (unpaired) electrons. The van der Waals surface area contributed by atoms with Gasteiger partial charge < -0.3 is 19.7 Å². The summed E-state index contributed by atoms with van der Waals surface area (Å²) in [5.41, 5.74) is 5.44. The average Bonchev–Trinajstić information content (AvgIpc) is 2.28. The molecule has 1 atom stereocenters. The fourth-order valence-electron chi connectivity index (χ4n) is 0.823. The lowest BCUT2D eigenvalue weighted by Crippen LogP contribution is -2.13. The first-order chi connectivity index (χ1) is 7.86. The number of hydrogen-bond acceptors (Lipinski definition) is 5. The van der Waals surface area contributed by atoms with Crippen LogP contribution in [0.4, 0.5) is 0 Å². The van der Waals surface area contributed by atoms with Gasteiger partial charge in [-0.05, 0) is 18.7 Å². The van der Waals surface area contributed by atoms with Gasteiger partial charge in [-0.3, -0.25) is 0 Å². The van der Waals surface area contributed by atoms with E-state index in [1.165, 1.54) is 20.3 Å². The first-order valence-electron chi connectivity index (χ1n) is 4.81. The fourth-order valence-corrected chi connectivity index (χ4v) is 2.61. The van der Waals surface area contributed by atoms with Crippen molar-refractivity contribution in [1.82, 2.24) is 0 Å². The van der Waals surface area contributed by atoms with Crippen molar-refractivity contribution in [2.45, 2.75) is 13.8 Å². The fraction of sp³-hybridized carbons (Fsp3) is 0.556. The molecule has 8 heteroatoms. The van der Waals surface area contributed by atoms with Crippen LogP contribution in [0.3, 0.4) is 0 Å². The largest absolute Gasteiger partial charge is 0.468 e. The minimum absolute atomic E-state index is 0.0268. The minimum Gasteiger partial charge on any atom is -0.468 e. The van der Waals surface area contributed by atoms with E-state index in [2.05, 4.69) is 9.50 Å². The zero-order valence-electron chi connectivity index (χ0n) is 10.3. The molecule has 1 unspecified atom stereocenters. The molecule has 0 aliphatic carbocycles. The van der Waals surface area contributed by atoms with E-state index in [4.69, 9.17) is 26.8 Å². The molecule has 0 aliphatic rings. The van der Waals surface area contributed by atoms with Crippen LogP contribution >= 0.6 is 6.42 Å². The number of amidine groups is 1. The highest BCUT2D eigenvalue weighted by Crippen LogP contribution is 2.50. The highest BCUT2D eigenvalue weighted by atomic mass is 32.4. The maximum absolute atomic E-state index is 11.0. The van der Waals surface area contributed by atoms with E-state index < -0.39 is 12.4 Å². The Morgan fingerprint density at radius 3 is 2.47 bits per heavy atom. The summed E-state index contributed by atoms with van der Waals surface area (Å²) < 4.78 is 18.7. The number of carbonyl (C=O) groups excluding carboxylic acids is 1.